The lowest BCUT2D eigenvalue weighted by Gasteiger charge is -2.35. The first kappa shape index (κ1) is 23.3. The van der Waals surface area contributed by atoms with Gasteiger partial charge < -0.3 is 15.0 Å². The number of rotatable bonds is 7. The van der Waals surface area contributed by atoms with Crippen LogP contribution in [0.15, 0.2) is 53.0 Å². The largest absolute Gasteiger partial charge is 0.480 e. The number of halogens is 2. The third-order valence-electron chi connectivity index (χ3n) is 5.63. The number of ether oxygens (including phenoxy) is 1. The molecule has 2 amide bonds. The molecule has 2 unspecified atom stereocenters. The Kier molecular flexibility index (Phi) is 8.07. The van der Waals surface area contributed by atoms with Crippen LogP contribution < -0.4 is 10.1 Å². The van der Waals surface area contributed by atoms with Crippen LogP contribution in [-0.2, 0) is 9.59 Å². The van der Waals surface area contributed by atoms with Crippen molar-refractivity contribution in [3.05, 3.63) is 64.4 Å². The highest BCUT2D eigenvalue weighted by molar-refractivity contribution is 9.10. The monoisotopic (exact) mass is 490 g/mol. The van der Waals surface area contributed by atoms with Gasteiger partial charge in [0, 0.05) is 19.1 Å². The molecule has 1 aliphatic rings. The van der Waals surface area contributed by atoms with Crippen molar-refractivity contribution >= 4 is 27.7 Å². The standard InChI is InChI=1S/C24H28BrFN2O3/c1-3-20(17-7-5-4-6-8-17)24(30)28-13-11-19(12-14-28)27-23(29)16(2)31-22-10-9-18(26)15-21(22)25/h4-10,15-16,19-20H,3,11-14H2,1-2H3,(H,27,29). The highest BCUT2D eigenvalue weighted by Gasteiger charge is 2.29. The molecule has 0 aromatic heterocycles. The molecule has 0 aliphatic carbocycles. The molecular weight excluding hydrogens is 463 g/mol. The second-order valence-electron chi connectivity index (χ2n) is 7.81. The van der Waals surface area contributed by atoms with Crippen molar-refractivity contribution in [1.82, 2.24) is 10.2 Å². The van der Waals surface area contributed by atoms with E-state index in [1.54, 1.807) is 6.92 Å². The molecule has 1 heterocycles. The predicted octanol–water partition coefficient (Wildman–Crippen LogP) is 4.66. The zero-order valence-electron chi connectivity index (χ0n) is 17.8. The molecule has 0 bridgehead atoms. The molecule has 7 heteroatoms. The van der Waals surface area contributed by atoms with Crippen molar-refractivity contribution < 1.29 is 18.7 Å². The smallest absolute Gasteiger partial charge is 0.260 e. The van der Waals surface area contributed by atoms with Gasteiger partial charge in [0.25, 0.3) is 5.91 Å². The van der Waals surface area contributed by atoms with Crippen LogP contribution in [0.3, 0.4) is 0 Å². The Hall–Kier alpha value is -2.41. The second-order valence-corrected chi connectivity index (χ2v) is 8.67. The highest BCUT2D eigenvalue weighted by atomic mass is 79.9. The van der Waals surface area contributed by atoms with Gasteiger partial charge in [-0.05, 0) is 65.9 Å². The first-order chi connectivity index (χ1) is 14.9. The zero-order chi connectivity index (χ0) is 22.4. The molecule has 2 atom stereocenters. The van der Waals surface area contributed by atoms with E-state index in [4.69, 9.17) is 4.74 Å². The molecule has 1 fully saturated rings. The Morgan fingerprint density at radius 2 is 1.87 bits per heavy atom. The maximum Gasteiger partial charge on any atom is 0.260 e. The maximum absolute atomic E-state index is 13.2. The van der Waals surface area contributed by atoms with Gasteiger partial charge in [-0.3, -0.25) is 9.59 Å². The molecule has 0 radical (unpaired) electrons. The average molecular weight is 491 g/mol. The van der Waals surface area contributed by atoms with Crippen molar-refractivity contribution in [3.63, 3.8) is 0 Å². The summed E-state index contributed by atoms with van der Waals surface area (Å²) >= 11 is 3.24. The van der Waals surface area contributed by atoms with Crippen molar-refractivity contribution in [2.75, 3.05) is 13.1 Å². The number of hydrogen-bond donors (Lipinski definition) is 1. The number of nitrogens with one attached hydrogen (secondary N) is 1. The van der Waals surface area contributed by atoms with Gasteiger partial charge in [0.1, 0.15) is 11.6 Å². The first-order valence-electron chi connectivity index (χ1n) is 10.6. The summed E-state index contributed by atoms with van der Waals surface area (Å²) < 4.78 is 19.3. The average Bonchev–Trinajstić information content (AvgIpc) is 2.77. The summed E-state index contributed by atoms with van der Waals surface area (Å²) in [6.45, 7) is 4.93. The summed E-state index contributed by atoms with van der Waals surface area (Å²) in [7, 11) is 0. The lowest BCUT2D eigenvalue weighted by Crippen LogP contribution is -2.50. The molecule has 5 nitrogen and oxygen atoms in total. The first-order valence-corrected chi connectivity index (χ1v) is 11.4. The highest BCUT2D eigenvalue weighted by Crippen LogP contribution is 2.27. The minimum atomic E-state index is -0.719. The molecule has 166 valence electrons. The summed E-state index contributed by atoms with van der Waals surface area (Å²) in [6, 6.07) is 13.9. The van der Waals surface area contributed by atoms with Gasteiger partial charge in [-0.1, -0.05) is 37.3 Å². The number of hydrogen-bond acceptors (Lipinski definition) is 3. The van der Waals surface area contributed by atoms with Gasteiger partial charge >= 0.3 is 0 Å². The SMILES string of the molecule is CCC(C(=O)N1CCC(NC(=O)C(C)Oc2ccc(F)cc2Br)CC1)c1ccccc1. The van der Waals surface area contributed by atoms with Crippen molar-refractivity contribution in [2.45, 2.75) is 51.2 Å². The van der Waals surface area contributed by atoms with E-state index in [-0.39, 0.29) is 29.6 Å². The van der Waals surface area contributed by atoms with E-state index in [1.807, 2.05) is 42.2 Å². The van der Waals surface area contributed by atoms with Crippen LogP contribution in [0.4, 0.5) is 4.39 Å². The lowest BCUT2D eigenvalue weighted by atomic mass is 9.93. The summed E-state index contributed by atoms with van der Waals surface area (Å²) in [5, 5.41) is 3.01. The Morgan fingerprint density at radius 1 is 1.19 bits per heavy atom. The van der Waals surface area contributed by atoms with E-state index in [0.29, 0.717) is 36.2 Å². The number of nitrogens with zero attached hydrogens (tertiary/aromatic N) is 1. The van der Waals surface area contributed by atoms with Crippen LogP contribution in [0.1, 0.15) is 44.6 Å². The second kappa shape index (κ2) is 10.8. The van der Waals surface area contributed by atoms with Crippen LogP contribution in [-0.4, -0.2) is 41.9 Å². The van der Waals surface area contributed by atoms with Crippen LogP contribution in [0.25, 0.3) is 0 Å². The minimum Gasteiger partial charge on any atom is -0.480 e. The van der Waals surface area contributed by atoms with Gasteiger partial charge in [0.05, 0.1) is 10.4 Å². The van der Waals surface area contributed by atoms with E-state index in [1.165, 1.54) is 18.2 Å². The Balaban J connectivity index is 1.50. The van der Waals surface area contributed by atoms with Gasteiger partial charge in [-0.15, -0.1) is 0 Å². The molecule has 1 aliphatic heterocycles. The van der Waals surface area contributed by atoms with Gasteiger partial charge in [-0.2, -0.15) is 0 Å². The van der Waals surface area contributed by atoms with Crippen LogP contribution in [0, 0.1) is 5.82 Å². The Morgan fingerprint density at radius 3 is 2.48 bits per heavy atom. The van der Waals surface area contributed by atoms with Crippen LogP contribution in [0.5, 0.6) is 5.75 Å². The molecule has 0 spiro atoms. The molecule has 3 rings (SSSR count). The number of likely N-dealkylation sites (tertiary alicyclic amines) is 1. The molecule has 2 aromatic carbocycles. The van der Waals surface area contributed by atoms with E-state index in [0.717, 1.165) is 12.0 Å². The molecular formula is C24H28BrFN2O3. The van der Waals surface area contributed by atoms with E-state index in [9.17, 15) is 14.0 Å². The van der Waals surface area contributed by atoms with Crippen molar-refractivity contribution in [1.29, 1.82) is 0 Å². The summed E-state index contributed by atoms with van der Waals surface area (Å²) in [6.07, 6.45) is 1.45. The molecule has 0 saturated carbocycles. The fraction of sp³-hybridized carbons (Fsp3) is 0.417. The quantitative estimate of drug-likeness (QED) is 0.613. The lowest BCUT2D eigenvalue weighted by molar-refractivity contribution is -0.134. The van der Waals surface area contributed by atoms with E-state index in [2.05, 4.69) is 21.2 Å². The number of amides is 2. The molecule has 1 saturated heterocycles. The molecule has 1 N–H and O–H groups in total. The number of carbonyl (C=O) groups excluding carboxylic acids is 2. The molecule has 31 heavy (non-hydrogen) atoms. The zero-order valence-corrected chi connectivity index (χ0v) is 19.4. The maximum atomic E-state index is 13.2. The van der Waals surface area contributed by atoms with E-state index < -0.39 is 6.10 Å². The van der Waals surface area contributed by atoms with Crippen molar-refractivity contribution in [2.24, 2.45) is 0 Å². The predicted molar refractivity (Wildman–Crippen MR) is 121 cm³/mol. The topological polar surface area (TPSA) is 58.6 Å². The van der Waals surface area contributed by atoms with Gasteiger partial charge in [0.15, 0.2) is 6.10 Å². The fourth-order valence-electron chi connectivity index (χ4n) is 3.84. The van der Waals surface area contributed by atoms with E-state index >= 15 is 0 Å². The summed E-state index contributed by atoms with van der Waals surface area (Å²) in [4.78, 5) is 27.5. The van der Waals surface area contributed by atoms with Gasteiger partial charge in [-0.25, -0.2) is 4.39 Å². The number of piperidine rings is 1. The summed E-state index contributed by atoms with van der Waals surface area (Å²) in [5.41, 5.74) is 1.04. The minimum absolute atomic E-state index is 0.00365. The summed E-state index contributed by atoms with van der Waals surface area (Å²) in [5.74, 6) is -0.172. The van der Waals surface area contributed by atoms with Crippen LogP contribution >= 0.6 is 15.9 Å². The normalized spacial score (nSPS) is 16.5. The third-order valence-corrected chi connectivity index (χ3v) is 6.25. The third kappa shape index (κ3) is 6.06. The van der Waals surface area contributed by atoms with Crippen LogP contribution in [0.2, 0.25) is 0 Å². The molecule has 2 aromatic rings. The Bertz CT molecular complexity index is 901. The van der Waals surface area contributed by atoms with Crippen molar-refractivity contribution in [3.8, 4) is 5.75 Å². The number of carbonyl (C=O) groups is 2. The number of benzene rings is 2. The Labute approximate surface area is 191 Å². The fourth-order valence-corrected chi connectivity index (χ4v) is 4.28. The van der Waals surface area contributed by atoms with Gasteiger partial charge in [0.2, 0.25) is 5.91 Å².